The van der Waals surface area contributed by atoms with E-state index in [2.05, 4.69) is 12.2 Å². The van der Waals surface area contributed by atoms with Gasteiger partial charge in [0, 0.05) is 6.04 Å². The fraction of sp³-hybridized carbons (Fsp3) is 0.250. The summed E-state index contributed by atoms with van der Waals surface area (Å²) in [6.07, 6.45) is 0.832. The molecule has 0 heterocycles. The van der Waals surface area contributed by atoms with Crippen LogP contribution in [0.2, 0.25) is 0 Å². The molecule has 100 valence electrons. The number of nitrogens with one attached hydrogen (secondary N) is 1. The summed E-state index contributed by atoms with van der Waals surface area (Å²) in [4.78, 5) is 0. The molecule has 0 saturated carbocycles. The minimum absolute atomic E-state index is 0.200. The number of para-hydroxylation sites is 2. The van der Waals surface area contributed by atoms with Gasteiger partial charge in [-0.3, -0.25) is 0 Å². The first-order valence-electron chi connectivity index (χ1n) is 6.33. The van der Waals surface area contributed by atoms with E-state index >= 15 is 0 Å². The van der Waals surface area contributed by atoms with Crippen LogP contribution in [0.5, 0.6) is 5.75 Å². The average molecular weight is 259 g/mol. The molecule has 2 rings (SSSR count). The van der Waals surface area contributed by atoms with Crippen molar-refractivity contribution in [1.29, 1.82) is 0 Å². The van der Waals surface area contributed by atoms with Crippen molar-refractivity contribution in [2.75, 3.05) is 12.4 Å². The summed E-state index contributed by atoms with van der Waals surface area (Å²) in [7, 11) is 1.66. The van der Waals surface area contributed by atoms with Gasteiger partial charge in [-0.1, -0.05) is 24.3 Å². The Bertz CT molecular complexity index is 525. The number of halogens is 1. The van der Waals surface area contributed by atoms with Crippen LogP contribution in [0.25, 0.3) is 0 Å². The van der Waals surface area contributed by atoms with E-state index in [1.165, 1.54) is 12.1 Å². The van der Waals surface area contributed by atoms with E-state index in [0.717, 1.165) is 23.4 Å². The second-order valence-corrected chi connectivity index (χ2v) is 4.58. The maximum absolute atomic E-state index is 12.8. The van der Waals surface area contributed by atoms with E-state index in [9.17, 15) is 4.39 Å². The fourth-order valence-corrected chi connectivity index (χ4v) is 2.05. The highest BCUT2D eigenvalue weighted by atomic mass is 19.1. The molecule has 1 unspecified atom stereocenters. The van der Waals surface area contributed by atoms with Crippen molar-refractivity contribution in [3.63, 3.8) is 0 Å². The van der Waals surface area contributed by atoms with Gasteiger partial charge in [-0.05, 0) is 43.2 Å². The molecule has 0 amide bonds. The zero-order chi connectivity index (χ0) is 13.7. The van der Waals surface area contributed by atoms with Crippen LogP contribution in [-0.4, -0.2) is 13.2 Å². The van der Waals surface area contributed by atoms with E-state index in [1.54, 1.807) is 7.11 Å². The molecule has 0 fully saturated rings. The maximum atomic E-state index is 12.8. The molecule has 0 saturated heterocycles. The first-order chi connectivity index (χ1) is 9.19. The van der Waals surface area contributed by atoms with E-state index in [0.29, 0.717) is 0 Å². The maximum Gasteiger partial charge on any atom is 0.141 e. The first-order valence-corrected chi connectivity index (χ1v) is 6.33. The summed E-state index contributed by atoms with van der Waals surface area (Å²) in [6.45, 7) is 2.09. The lowest BCUT2D eigenvalue weighted by molar-refractivity contribution is 0.416. The molecular formula is C16H18FNO. The predicted molar refractivity (Wildman–Crippen MR) is 76.2 cm³/mol. The fourth-order valence-electron chi connectivity index (χ4n) is 2.05. The van der Waals surface area contributed by atoms with Crippen molar-refractivity contribution in [3.05, 3.63) is 59.9 Å². The van der Waals surface area contributed by atoms with Crippen molar-refractivity contribution < 1.29 is 9.13 Å². The molecule has 19 heavy (non-hydrogen) atoms. The molecule has 1 N–H and O–H groups in total. The highest BCUT2D eigenvalue weighted by Gasteiger charge is 2.07. The van der Waals surface area contributed by atoms with Crippen molar-refractivity contribution in [2.45, 2.75) is 19.4 Å². The van der Waals surface area contributed by atoms with Gasteiger partial charge in [0.15, 0.2) is 0 Å². The Morgan fingerprint density at radius 2 is 1.79 bits per heavy atom. The predicted octanol–water partition coefficient (Wildman–Crippen LogP) is 3.88. The summed E-state index contributed by atoms with van der Waals surface area (Å²) in [6, 6.07) is 14.7. The molecule has 0 spiro atoms. The Hall–Kier alpha value is -2.03. The van der Waals surface area contributed by atoms with Crippen LogP contribution in [0, 0.1) is 5.82 Å². The van der Waals surface area contributed by atoms with Crippen LogP contribution in [0.15, 0.2) is 48.5 Å². The molecule has 0 bridgehead atoms. The summed E-state index contributed by atoms with van der Waals surface area (Å²) < 4.78 is 18.1. The second-order valence-electron chi connectivity index (χ2n) is 4.58. The van der Waals surface area contributed by atoms with Crippen LogP contribution in [0.1, 0.15) is 12.5 Å². The quantitative estimate of drug-likeness (QED) is 0.880. The average Bonchev–Trinajstić information content (AvgIpc) is 2.42. The lowest BCUT2D eigenvalue weighted by Crippen LogP contribution is -2.18. The van der Waals surface area contributed by atoms with Crippen LogP contribution >= 0.6 is 0 Å². The lowest BCUT2D eigenvalue weighted by Gasteiger charge is -2.17. The van der Waals surface area contributed by atoms with Gasteiger partial charge in [0.05, 0.1) is 12.8 Å². The van der Waals surface area contributed by atoms with Crippen molar-refractivity contribution in [1.82, 2.24) is 0 Å². The summed E-state index contributed by atoms with van der Waals surface area (Å²) in [5, 5.41) is 3.41. The Labute approximate surface area is 113 Å². The molecule has 1 atom stereocenters. The van der Waals surface area contributed by atoms with E-state index < -0.39 is 0 Å². The van der Waals surface area contributed by atoms with Crippen molar-refractivity contribution in [3.8, 4) is 5.75 Å². The highest BCUT2D eigenvalue weighted by molar-refractivity contribution is 5.56. The zero-order valence-electron chi connectivity index (χ0n) is 11.2. The zero-order valence-corrected chi connectivity index (χ0v) is 11.2. The Balaban J connectivity index is 2.01. The van der Waals surface area contributed by atoms with Crippen LogP contribution in [-0.2, 0) is 6.42 Å². The van der Waals surface area contributed by atoms with Gasteiger partial charge in [-0.15, -0.1) is 0 Å². The molecule has 3 heteroatoms. The molecule has 0 radical (unpaired) electrons. The normalized spacial score (nSPS) is 11.9. The molecule has 0 aliphatic rings. The van der Waals surface area contributed by atoms with Crippen LogP contribution < -0.4 is 10.1 Å². The largest absolute Gasteiger partial charge is 0.495 e. The molecule has 2 aromatic rings. The first kappa shape index (κ1) is 13.4. The number of anilines is 1. The molecule has 0 aromatic heterocycles. The third kappa shape index (κ3) is 3.71. The van der Waals surface area contributed by atoms with Crippen molar-refractivity contribution in [2.24, 2.45) is 0 Å². The van der Waals surface area contributed by atoms with Gasteiger partial charge in [0.1, 0.15) is 11.6 Å². The molecule has 0 aliphatic heterocycles. The smallest absolute Gasteiger partial charge is 0.141 e. The Kier molecular flexibility index (Phi) is 4.39. The summed E-state index contributed by atoms with van der Waals surface area (Å²) >= 11 is 0. The van der Waals surface area contributed by atoms with Gasteiger partial charge in [-0.2, -0.15) is 0 Å². The lowest BCUT2D eigenvalue weighted by atomic mass is 10.1. The van der Waals surface area contributed by atoms with E-state index in [1.807, 2.05) is 36.4 Å². The monoisotopic (exact) mass is 259 g/mol. The van der Waals surface area contributed by atoms with Gasteiger partial charge in [0.25, 0.3) is 0 Å². The summed E-state index contributed by atoms with van der Waals surface area (Å²) in [5.41, 5.74) is 2.08. The number of hydrogen-bond donors (Lipinski definition) is 1. The van der Waals surface area contributed by atoms with Gasteiger partial charge >= 0.3 is 0 Å². The minimum Gasteiger partial charge on any atom is -0.495 e. The Morgan fingerprint density at radius 1 is 1.11 bits per heavy atom. The number of hydrogen-bond acceptors (Lipinski definition) is 2. The number of benzene rings is 2. The van der Waals surface area contributed by atoms with Crippen LogP contribution in [0.3, 0.4) is 0 Å². The standard InChI is InChI=1S/C16H18FNO/c1-12(11-13-7-9-14(17)10-8-13)18-15-5-3-4-6-16(15)19-2/h3-10,12,18H,11H2,1-2H3. The summed E-state index contributed by atoms with van der Waals surface area (Å²) in [5.74, 6) is 0.627. The van der Waals surface area contributed by atoms with E-state index in [-0.39, 0.29) is 11.9 Å². The molecule has 0 aliphatic carbocycles. The van der Waals surface area contributed by atoms with Gasteiger partial charge < -0.3 is 10.1 Å². The Morgan fingerprint density at radius 3 is 2.47 bits per heavy atom. The molecule has 2 aromatic carbocycles. The van der Waals surface area contributed by atoms with Crippen molar-refractivity contribution >= 4 is 5.69 Å². The van der Waals surface area contributed by atoms with Gasteiger partial charge in [0.2, 0.25) is 0 Å². The number of rotatable bonds is 5. The SMILES string of the molecule is COc1ccccc1NC(C)Cc1ccc(F)cc1. The topological polar surface area (TPSA) is 21.3 Å². The molecule has 2 nitrogen and oxygen atoms in total. The minimum atomic E-state index is -0.200. The number of ether oxygens (including phenoxy) is 1. The van der Waals surface area contributed by atoms with E-state index in [4.69, 9.17) is 4.74 Å². The molecular weight excluding hydrogens is 241 g/mol. The highest BCUT2D eigenvalue weighted by Crippen LogP contribution is 2.24. The van der Waals surface area contributed by atoms with Gasteiger partial charge in [-0.25, -0.2) is 4.39 Å². The van der Waals surface area contributed by atoms with Crippen LogP contribution in [0.4, 0.5) is 10.1 Å². The second kappa shape index (κ2) is 6.23. The third-order valence-electron chi connectivity index (χ3n) is 2.96. The third-order valence-corrected chi connectivity index (χ3v) is 2.96. The number of methoxy groups -OCH3 is 1.